The molecular weight excluding hydrogens is 231 g/mol. The van der Waals surface area contributed by atoms with Gasteiger partial charge in [0.25, 0.3) is 0 Å². The third-order valence-corrected chi connectivity index (χ3v) is 3.61. The van der Waals surface area contributed by atoms with Crippen LogP contribution < -0.4 is 5.32 Å². The van der Waals surface area contributed by atoms with Gasteiger partial charge in [-0.15, -0.1) is 0 Å². The van der Waals surface area contributed by atoms with Crippen molar-refractivity contribution in [3.8, 4) is 5.75 Å². The lowest BCUT2D eigenvalue weighted by atomic mass is 10.1. The second-order valence-corrected chi connectivity index (χ2v) is 5.04. The predicted octanol–water partition coefficient (Wildman–Crippen LogP) is 2.11. The van der Waals surface area contributed by atoms with Crippen LogP contribution in [0.3, 0.4) is 0 Å². The summed E-state index contributed by atoms with van der Waals surface area (Å²) in [5.41, 5.74) is 0.907. The molecule has 1 aliphatic rings. The first-order chi connectivity index (χ1) is 8.66. The SMILES string of the molecule is CN(Cc1ccc(O)c(F)c1)C1CCCNCC1. The highest BCUT2D eigenvalue weighted by Crippen LogP contribution is 2.19. The minimum absolute atomic E-state index is 0.278. The van der Waals surface area contributed by atoms with Gasteiger partial charge < -0.3 is 10.4 Å². The summed E-state index contributed by atoms with van der Waals surface area (Å²) in [6, 6.07) is 5.18. The fourth-order valence-corrected chi connectivity index (χ4v) is 2.51. The lowest BCUT2D eigenvalue weighted by Gasteiger charge is -2.26. The van der Waals surface area contributed by atoms with E-state index in [1.165, 1.54) is 25.0 Å². The normalized spacial score (nSPS) is 20.9. The molecule has 1 aromatic rings. The average Bonchev–Trinajstić information content (AvgIpc) is 2.62. The van der Waals surface area contributed by atoms with E-state index < -0.39 is 5.82 Å². The Morgan fingerprint density at radius 2 is 2.22 bits per heavy atom. The molecule has 0 saturated carbocycles. The molecule has 0 bridgehead atoms. The first-order valence-corrected chi connectivity index (χ1v) is 6.55. The van der Waals surface area contributed by atoms with Crippen molar-refractivity contribution in [1.82, 2.24) is 10.2 Å². The zero-order valence-electron chi connectivity index (χ0n) is 10.8. The molecule has 1 aliphatic heterocycles. The van der Waals surface area contributed by atoms with E-state index in [4.69, 9.17) is 5.11 Å². The number of halogens is 1. The van der Waals surface area contributed by atoms with E-state index in [9.17, 15) is 4.39 Å². The van der Waals surface area contributed by atoms with Crippen LogP contribution in [0.5, 0.6) is 5.75 Å². The number of nitrogens with zero attached hydrogens (tertiary/aromatic N) is 1. The molecule has 2 rings (SSSR count). The van der Waals surface area contributed by atoms with Crippen molar-refractivity contribution < 1.29 is 9.50 Å². The van der Waals surface area contributed by atoms with Gasteiger partial charge in [0.15, 0.2) is 11.6 Å². The van der Waals surface area contributed by atoms with Crippen molar-refractivity contribution >= 4 is 0 Å². The molecule has 1 fully saturated rings. The smallest absolute Gasteiger partial charge is 0.165 e. The highest BCUT2D eigenvalue weighted by atomic mass is 19.1. The summed E-state index contributed by atoms with van der Waals surface area (Å²) in [6.07, 6.45) is 3.51. The van der Waals surface area contributed by atoms with Gasteiger partial charge in [-0.2, -0.15) is 0 Å². The van der Waals surface area contributed by atoms with Crippen molar-refractivity contribution in [2.24, 2.45) is 0 Å². The minimum atomic E-state index is -0.538. The number of benzene rings is 1. The topological polar surface area (TPSA) is 35.5 Å². The first-order valence-electron chi connectivity index (χ1n) is 6.55. The molecule has 4 heteroatoms. The highest BCUT2D eigenvalue weighted by molar-refractivity contribution is 5.27. The van der Waals surface area contributed by atoms with Gasteiger partial charge in [0.05, 0.1) is 0 Å². The number of phenols is 1. The molecule has 0 aromatic heterocycles. The summed E-state index contributed by atoms with van der Waals surface area (Å²) in [5.74, 6) is -0.816. The van der Waals surface area contributed by atoms with Crippen LogP contribution in [0.1, 0.15) is 24.8 Å². The summed E-state index contributed by atoms with van der Waals surface area (Å²) in [4.78, 5) is 2.28. The standard InChI is InChI=1S/C14H21FN2O/c1-17(12-3-2-7-16-8-6-12)10-11-4-5-14(18)13(15)9-11/h4-5,9,12,16,18H,2-3,6-8,10H2,1H3. The third-order valence-electron chi connectivity index (χ3n) is 3.61. The van der Waals surface area contributed by atoms with Gasteiger partial charge in [-0.05, 0) is 57.1 Å². The fourth-order valence-electron chi connectivity index (χ4n) is 2.51. The summed E-state index contributed by atoms with van der Waals surface area (Å²) >= 11 is 0. The van der Waals surface area contributed by atoms with Crippen LogP contribution in [0.2, 0.25) is 0 Å². The molecule has 1 heterocycles. The lowest BCUT2D eigenvalue weighted by Crippen LogP contribution is -2.32. The minimum Gasteiger partial charge on any atom is -0.505 e. The van der Waals surface area contributed by atoms with E-state index >= 15 is 0 Å². The Hall–Kier alpha value is -1.13. The van der Waals surface area contributed by atoms with Crippen LogP contribution in [-0.4, -0.2) is 36.2 Å². The van der Waals surface area contributed by atoms with Crippen molar-refractivity contribution in [3.63, 3.8) is 0 Å². The van der Waals surface area contributed by atoms with Gasteiger partial charge in [-0.25, -0.2) is 4.39 Å². The zero-order chi connectivity index (χ0) is 13.0. The molecule has 3 nitrogen and oxygen atoms in total. The van der Waals surface area contributed by atoms with Crippen LogP contribution in [0.15, 0.2) is 18.2 Å². The Kier molecular flexibility index (Phi) is 4.55. The van der Waals surface area contributed by atoms with Crippen LogP contribution >= 0.6 is 0 Å². The Balaban J connectivity index is 1.96. The first kappa shape index (κ1) is 13.3. The summed E-state index contributed by atoms with van der Waals surface area (Å²) in [7, 11) is 2.08. The molecule has 0 aliphatic carbocycles. The van der Waals surface area contributed by atoms with E-state index in [-0.39, 0.29) is 5.75 Å². The van der Waals surface area contributed by atoms with E-state index in [1.54, 1.807) is 6.07 Å². The van der Waals surface area contributed by atoms with E-state index in [1.807, 2.05) is 0 Å². The van der Waals surface area contributed by atoms with Crippen molar-refractivity contribution in [2.45, 2.75) is 31.8 Å². The Morgan fingerprint density at radius 1 is 1.39 bits per heavy atom. The number of hydrogen-bond acceptors (Lipinski definition) is 3. The lowest BCUT2D eigenvalue weighted by molar-refractivity contribution is 0.216. The van der Waals surface area contributed by atoms with Crippen LogP contribution in [0.25, 0.3) is 0 Å². The monoisotopic (exact) mass is 252 g/mol. The molecule has 1 atom stereocenters. The van der Waals surface area contributed by atoms with E-state index in [0.717, 1.165) is 31.6 Å². The van der Waals surface area contributed by atoms with Gasteiger partial charge in [-0.3, -0.25) is 4.90 Å². The number of phenolic OH excluding ortho intramolecular Hbond substituents is 1. The maximum Gasteiger partial charge on any atom is 0.165 e. The number of aromatic hydroxyl groups is 1. The zero-order valence-corrected chi connectivity index (χ0v) is 10.8. The molecule has 1 unspecified atom stereocenters. The molecule has 2 N–H and O–H groups in total. The summed E-state index contributed by atoms with van der Waals surface area (Å²) in [6.45, 7) is 2.87. The van der Waals surface area contributed by atoms with E-state index in [0.29, 0.717) is 6.04 Å². The van der Waals surface area contributed by atoms with Gasteiger partial charge >= 0.3 is 0 Å². The molecule has 1 aromatic carbocycles. The van der Waals surface area contributed by atoms with E-state index in [2.05, 4.69) is 17.3 Å². The van der Waals surface area contributed by atoms with Gasteiger partial charge in [0, 0.05) is 12.6 Å². The number of rotatable bonds is 3. The largest absolute Gasteiger partial charge is 0.505 e. The predicted molar refractivity (Wildman–Crippen MR) is 70.0 cm³/mol. The van der Waals surface area contributed by atoms with Crippen LogP contribution in [0.4, 0.5) is 4.39 Å². The fraction of sp³-hybridized carbons (Fsp3) is 0.571. The van der Waals surface area contributed by atoms with Crippen molar-refractivity contribution in [1.29, 1.82) is 0 Å². The average molecular weight is 252 g/mol. The van der Waals surface area contributed by atoms with Crippen LogP contribution in [0, 0.1) is 5.82 Å². The molecular formula is C14H21FN2O. The third kappa shape index (κ3) is 3.43. The second kappa shape index (κ2) is 6.16. The number of hydrogen-bond donors (Lipinski definition) is 2. The molecule has 1 saturated heterocycles. The van der Waals surface area contributed by atoms with Crippen molar-refractivity contribution in [3.05, 3.63) is 29.6 Å². The molecule has 0 amide bonds. The maximum atomic E-state index is 13.3. The summed E-state index contributed by atoms with van der Waals surface area (Å²) in [5, 5.41) is 12.6. The Labute approximate surface area is 108 Å². The Bertz CT molecular complexity index is 389. The Morgan fingerprint density at radius 3 is 3.00 bits per heavy atom. The van der Waals surface area contributed by atoms with Gasteiger partial charge in [-0.1, -0.05) is 6.07 Å². The molecule has 0 radical (unpaired) electrons. The van der Waals surface area contributed by atoms with Crippen molar-refractivity contribution in [2.75, 3.05) is 20.1 Å². The number of nitrogens with one attached hydrogen (secondary N) is 1. The van der Waals surface area contributed by atoms with Crippen LogP contribution in [-0.2, 0) is 6.54 Å². The summed E-state index contributed by atoms with van der Waals surface area (Å²) < 4.78 is 13.3. The molecule has 0 spiro atoms. The molecule has 18 heavy (non-hydrogen) atoms. The maximum absolute atomic E-state index is 13.3. The van der Waals surface area contributed by atoms with Gasteiger partial charge in [0.2, 0.25) is 0 Å². The molecule has 100 valence electrons. The second-order valence-electron chi connectivity index (χ2n) is 5.04. The van der Waals surface area contributed by atoms with Gasteiger partial charge in [0.1, 0.15) is 0 Å². The highest BCUT2D eigenvalue weighted by Gasteiger charge is 2.17. The quantitative estimate of drug-likeness (QED) is 0.865.